The predicted molar refractivity (Wildman–Crippen MR) is 108 cm³/mol. The number of rotatable bonds is 6. The first-order chi connectivity index (χ1) is 13.7. The van der Waals surface area contributed by atoms with Crippen LogP contribution in [0.3, 0.4) is 0 Å². The van der Waals surface area contributed by atoms with Crippen molar-refractivity contribution in [3.63, 3.8) is 0 Å². The Morgan fingerprint density at radius 1 is 1.21 bits per heavy atom. The molecule has 2 aromatic heterocycles. The SMILES string of the molecule is COc1cccc(Cn2c3c(c(C)c2C(=O)NCc2ccco2)CCCC3)c1. The van der Waals surface area contributed by atoms with Crippen LogP contribution in [0.4, 0.5) is 0 Å². The highest BCUT2D eigenvalue weighted by Crippen LogP contribution is 2.31. The highest BCUT2D eigenvalue weighted by atomic mass is 16.5. The Morgan fingerprint density at radius 3 is 2.86 bits per heavy atom. The van der Waals surface area contributed by atoms with E-state index in [1.807, 2.05) is 30.3 Å². The molecule has 4 rings (SSSR count). The Morgan fingerprint density at radius 2 is 2.07 bits per heavy atom. The number of hydrogen-bond acceptors (Lipinski definition) is 3. The lowest BCUT2D eigenvalue weighted by Crippen LogP contribution is -2.26. The van der Waals surface area contributed by atoms with Crippen molar-refractivity contribution in [3.8, 4) is 5.75 Å². The number of nitrogens with zero attached hydrogens (tertiary/aromatic N) is 1. The molecule has 3 aromatic rings. The minimum absolute atomic E-state index is 0.0498. The van der Waals surface area contributed by atoms with Crippen LogP contribution in [0.2, 0.25) is 0 Å². The van der Waals surface area contributed by atoms with Crippen molar-refractivity contribution in [1.29, 1.82) is 0 Å². The van der Waals surface area contributed by atoms with Crippen LogP contribution in [0.25, 0.3) is 0 Å². The number of benzene rings is 1. The number of nitrogens with one attached hydrogen (secondary N) is 1. The third-order valence-electron chi connectivity index (χ3n) is 5.54. The molecule has 1 amide bonds. The molecule has 0 saturated carbocycles. The molecule has 0 spiro atoms. The molecule has 0 aliphatic heterocycles. The topological polar surface area (TPSA) is 56.4 Å². The zero-order valence-electron chi connectivity index (χ0n) is 16.5. The van der Waals surface area contributed by atoms with E-state index < -0.39 is 0 Å². The van der Waals surface area contributed by atoms with Gasteiger partial charge in [0.25, 0.3) is 5.91 Å². The van der Waals surface area contributed by atoms with Crippen LogP contribution in [-0.2, 0) is 25.9 Å². The third kappa shape index (κ3) is 3.57. The summed E-state index contributed by atoms with van der Waals surface area (Å²) in [5.74, 6) is 1.53. The third-order valence-corrected chi connectivity index (χ3v) is 5.54. The molecule has 28 heavy (non-hydrogen) atoms. The number of carbonyl (C=O) groups is 1. The largest absolute Gasteiger partial charge is 0.497 e. The summed E-state index contributed by atoms with van der Waals surface area (Å²) in [6.07, 6.45) is 6.04. The fraction of sp³-hybridized carbons (Fsp3) is 0.348. The van der Waals surface area contributed by atoms with E-state index in [1.54, 1.807) is 13.4 Å². The van der Waals surface area contributed by atoms with Crippen LogP contribution in [-0.4, -0.2) is 17.6 Å². The van der Waals surface area contributed by atoms with Crippen molar-refractivity contribution < 1.29 is 13.9 Å². The van der Waals surface area contributed by atoms with Crippen molar-refractivity contribution in [3.05, 3.63) is 76.5 Å². The maximum Gasteiger partial charge on any atom is 0.268 e. The van der Waals surface area contributed by atoms with Crippen molar-refractivity contribution in [2.75, 3.05) is 7.11 Å². The van der Waals surface area contributed by atoms with E-state index in [4.69, 9.17) is 9.15 Å². The van der Waals surface area contributed by atoms with Crippen LogP contribution in [0.1, 0.15) is 51.5 Å². The van der Waals surface area contributed by atoms with Gasteiger partial charge in [0.05, 0.1) is 19.9 Å². The van der Waals surface area contributed by atoms with Gasteiger partial charge in [-0.25, -0.2) is 0 Å². The van der Waals surface area contributed by atoms with Gasteiger partial charge in [0.1, 0.15) is 17.2 Å². The van der Waals surface area contributed by atoms with Gasteiger partial charge in [0.15, 0.2) is 0 Å². The summed E-state index contributed by atoms with van der Waals surface area (Å²) >= 11 is 0. The van der Waals surface area contributed by atoms with Gasteiger partial charge >= 0.3 is 0 Å². The molecule has 1 N–H and O–H groups in total. The minimum Gasteiger partial charge on any atom is -0.497 e. The van der Waals surface area contributed by atoms with E-state index in [0.29, 0.717) is 13.1 Å². The van der Waals surface area contributed by atoms with Gasteiger partial charge in [-0.15, -0.1) is 0 Å². The molecule has 0 bridgehead atoms. The van der Waals surface area contributed by atoms with E-state index in [2.05, 4.69) is 22.9 Å². The van der Waals surface area contributed by atoms with Gasteiger partial charge in [-0.2, -0.15) is 0 Å². The van der Waals surface area contributed by atoms with Crippen LogP contribution in [0.5, 0.6) is 5.75 Å². The van der Waals surface area contributed by atoms with Gasteiger partial charge in [-0.3, -0.25) is 4.79 Å². The molecule has 0 saturated heterocycles. The molecule has 146 valence electrons. The fourth-order valence-electron chi connectivity index (χ4n) is 4.16. The molecule has 2 heterocycles. The van der Waals surface area contributed by atoms with Crippen LogP contribution >= 0.6 is 0 Å². The molecule has 1 aliphatic carbocycles. The van der Waals surface area contributed by atoms with Gasteiger partial charge in [0.2, 0.25) is 0 Å². The lowest BCUT2D eigenvalue weighted by Gasteiger charge is -2.17. The number of aromatic nitrogens is 1. The Hall–Kier alpha value is -2.95. The molecule has 0 fully saturated rings. The summed E-state index contributed by atoms with van der Waals surface area (Å²) in [7, 11) is 1.67. The first kappa shape index (κ1) is 18.4. The zero-order valence-corrected chi connectivity index (χ0v) is 16.5. The summed E-state index contributed by atoms with van der Waals surface area (Å²) in [6, 6.07) is 11.8. The highest BCUT2D eigenvalue weighted by molar-refractivity contribution is 5.95. The molecule has 0 atom stereocenters. The van der Waals surface area contributed by atoms with Gasteiger partial charge < -0.3 is 19.0 Å². The second kappa shape index (κ2) is 7.97. The number of carbonyl (C=O) groups excluding carboxylic acids is 1. The van der Waals surface area contributed by atoms with Crippen molar-refractivity contribution in [2.45, 2.75) is 45.7 Å². The first-order valence-corrected chi connectivity index (χ1v) is 9.81. The van der Waals surface area contributed by atoms with Crippen LogP contribution in [0, 0.1) is 6.92 Å². The Labute approximate surface area is 165 Å². The Balaban J connectivity index is 1.68. The normalized spacial score (nSPS) is 13.2. The predicted octanol–water partition coefficient (Wildman–Crippen LogP) is 4.26. The van der Waals surface area contributed by atoms with Crippen LogP contribution < -0.4 is 10.1 Å². The van der Waals surface area contributed by atoms with E-state index in [-0.39, 0.29) is 5.91 Å². The second-order valence-electron chi connectivity index (χ2n) is 7.31. The van der Waals surface area contributed by atoms with E-state index in [0.717, 1.165) is 41.2 Å². The molecular weight excluding hydrogens is 352 g/mol. The second-order valence-corrected chi connectivity index (χ2v) is 7.31. The summed E-state index contributed by atoms with van der Waals surface area (Å²) in [6.45, 7) is 3.13. The van der Waals surface area contributed by atoms with E-state index in [1.165, 1.54) is 24.1 Å². The lowest BCUT2D eigenvalue weighted by molar-refractivity contribution is 0.0938. The van der Waals surface area contributed by atoms with E-state index >= 15 is 0 Å². The number of methoxy groups -OCH3 is 1. The average Bonchev–Trinajstić information content (AvgIpc) is 3.34. The van der Waals surface area contributed by atoms with Crippen LogP contribution in [0.15, 0.2) is 47.1 Å². The monoisotopic (exact) mass is 378 g/mol. The lowest BCUT2D eigenvalue weighted by atomic mass is 9.95. The summed E-state index contributed by atoms with van der Waals surface area (Å²) in [5, 5.41) is 3.02. The summed E-state index contributed by atoms with van der Waals surface area (Å²) in [4.78, 5) is 13.1. The molecule has 5 heteroatoms. The molecular formula is C23H26N2O3. The summed E-state index contributed by atoms with van der Waals surface area (Å²) < 4.78 is 12.9. The van der Waals surface area contributed by atoms with Gasteiger partial charge in [0, 0.05) is 12.2 Å². The number of hydrogen-bond donors (Lipinski definition) is 1. The molecule has 1 aromatic carbocycles. The maximum atomic E-state index is 13.1. The molecule has 0 radical (unpaired) electrons. The Kier molecular flexibility index (Phi) is 5.24. The van der Waals surface area contributed by atoms with Gasteiger partial charge in [-0.1, -0.05) is 12.1 Å². The van der Waals surface area contributed by atoms with Crippen molar-refractivity contribution in [2.24, 2.45) is 0 Å². The van der Waals surface area contributed by atoms with Crippen molar-refractivity contribution >= 4 is 5.91 Å². The molecule has 5 nitrogen and oxygen atoms in total. The number of furan rings is 1. The Bertz CT molecular complexity index is 970. The zero-order chi connectivity index (χ0) is 19.5. The fourth-order valence-corrected chi connectivity index (χ4v) is 4.16. The van der Waals surface area contributed by atoms with E-state index in [9.17, 15) is 4.79 Å². The first-order valence-electron chi connectivity index (χ1n) is 9.81. The molecule has 1 aliphatic rings. The standard InChI is InChI=1S/C23H26N2O3/c1-16-20-10-3-4-11-21(20)25(15-17-7-5-8-18(13-17)27-2)22(16)23(26)24-14-19-9-6-12-28-19/h5-9,12-13H,3-4,10-11,14-15H2,1-2H3,(H,24,26). The highest BCUT2D eigenvalue weighted by Gasteiger charge is 2.26. The number of fused-ring (bicyclic) bond motifs is 1. The quantitative estimate of drug-likeness (QED) is 0.697. The smallest absolute Gasteiger partial charge is 0.268 e. The number of amides is 1. The van der Waals surface area contributed by atoms with Gasteiger partial charge in [-0.05, 0) is 73.6 Å². The average molecular weight is 378 g/mol. The maximum absolute atomic E-state index is 13.1. The minimum atomic E-state index is -0.0498. The van der Waals surface area contributed by atoms with Crippen molar-refractivity contribution in [1.82, 2.24) is 9.88 Å². The number of ether oxygens (including phenoxy) is 1. The molecule has 0 unspecified atom stereocenters. The summed E-state index contributed by atoms with van der Waals surface area (Å²) in [5.41, 5.74) is 5.64.